The van der Waals surface area contributed by atoms with Gasteiger partial charge < -0.3 is 14.8 Å². The van der Waals surface area contributed by atoms with E-state index in [9.17, 15) is 9.59 Å². The molecule has 3 rings (SSSR count). The second-order valence-electron chi connectivity index (χ2n) is 8.73. The minimum Gasteiger partial charge on any atom is -0.490 e. The topological polar surface area (TPSA) is 64.6 Å². The molecule has 5 nitrogen and oxygen atoms in total. The summed E-state index contributed by atoms with van der Waals surface area (Å²) in [6.07, 6.45) is 5.63. The van der Waals surface area contributed by atoms with Crippen molar-refractivity contribution in [2.45, 2.75) is 77.7 Å². The second kappa shape index (κ2) is 10.7. The first kappa shape index (κ1) is 23.8. The fourth-order valence-corrected chi connectivity index (χ4v) is 4.37. The first-order valence-corrected chi connectivity index (χ1v) is 11.8. The third kappa shape index (κ3) is 5.32. The molecule has 0 bridgehead atoms. The predicted octanol–water partition coefficient (Wildman–Crippen LogP) is 6.19. The van der Waals surface area contributed by atoms with Crippen molar-refractivity contribution in [2.24, 2.45) is 0 Å². The van der Waals surface area contributed by atoms with Gasteiger partial charge in [-0.05, 0) is 63.8 Å². The van der Waals surface area contributed by atoms with Gasteiger partial charge in [-0.3, -0.25) is 4.79 Å². The smallest absolute Gasteiger partial charge is 0.341 e. The van der Waals surface area contributed by atoms with Gasteiger partial charge in [-0.1, -0.05) is 56.0 Å². The lowest BCUT2D eigenvalue weighted by atomic mass is 9.68. The van der Waals surface area contributed by atoms with Crippen LogP contribution >= 0.6 is 0 Å². The molecule has 1 N–H and O–H groups in total. The zero-order chi connectivity index (χ0) is 23.1. The largest absolute Gasteiger partial charge is 0.490 e. The van der Waals surface area contributed by atoms with Gasteiger partial charge in [0, 0.05) is 5.69 Å². The summed E-state index contributed by atoms with van der Waals surface area (Å²) in [5.74, 6) is 0.00281. The van der Waals surface area contributed by atoms with Gasteiger partial charge in [0.15, 0.2) is 0 Å². The predicted molar refractivity (Wildman–Crippen MR) is 127 cm³/mol. The molecular weight excluding hydrogens is 402 g/mol. The van der Waals surface area contributed by atoms with Gasteiger partial charge in [0.05, 0.1) is 18.1 Å². The Hall–Kier alpha value is -2.82. The van der Waals surface area contributed by atoms with Gasteiger partial charge in [-0.15, -0.1) is 0 Å². The molecule has 1 aliphatic carbocycles. The molecule has 1 aliphatic rings. The number of hydrogen-bond acceptors (Lipinski definition) is 4. The van der Waals surface area contributed by atoms with E-state index in [0.717, 1.165) is 49.7 Å². The molecule has 0 heterocycles. The molecule has 32 heavy (non-hydrogen) atoms. The Morgan fingerprint density at radius 3 is 2.47 bits per heavy atom. The van der Waals surface area contributed by atoms with E-state index in [4.69, 9.17) is 9.47 Å². The Labute approximate surface area is 191 Å². The zero-order valence-electron chi connectivity index (χ0n) is 19.7. The Morgan fingerprint density at radius 2 is 1.81 bits per heavy atom. The number of hydrogen-bond donors (Lipinski definition) is 1. The van der Waals surface area contributed by atoms with Crippen LogP contribution in [0.4, 0.5) is 5.69 Å². The maximum Gasteiger partial charge on any atom is 0.341 e. The fraction of sp³-hybridized carbons (Fsp3) is 0.481. The number of amides is 1. The highest BCUT2D eigenvalue weighted by Gasteiger charge is 2.41. The van der Waals surface area contributed by atoms with E-state index in [1.165, 1.54) is 0 Å². The first-order valence-electron chi connectivity index (χ1n) is 11.8. The third-order valence-electron chi connectivity index (χ3n) is 6.35. The molecule has 172 valence electrons. The second-order valence-corrected chi connectivity index (χ2v) is 8.73. The average Bonchev–Trinajstić information content (AvgIpc) is 2.80. The van der Waals surface area contributed by atoms with E-state index >= 15 is 0 Å². The van der Waals surface area contributed by atoms with E-state index in [2.05, 4.69) is 30.4 Å². The number of nitrogens with one attached hydrogen (secondary N) is 1. The SMILES string of the molecule is CCOC(=O)c1cc(NC(=O)C2(c3cccc(C)c3)CCCCC2)ccc1OC(C)CC. The summed E-state index contributed by atoms with van der Waals surface area (Å²) < 4.78 is 11.2. The Morgan fingerprint density at radius 1 is 1.06 bits per heavy atom. The maximum atomic E-state index is 13.7. The Bertz CT molecular complexity index is 946. The highest BCUT2D eigenvalue weighted by Crippen LogP contribution is 2.41. The molecule has 1 saturated carbocycles. The fourth-order valence-electron chi connectivity index (χ4n) is 4.37. The summed E-state index contributed by atoms with van der Waals surface area (Å²) in [6.45, 7) is 8.08. The van der Waals surface area contributed by atoms with E-state index in [-0.39, 0.29) is 18.6 Å². The summed E-state index contributed by atoms with van der Waals surface area (Å²) in [5.41, 5.74) is 2.57. The van der Waals surface area contributed by atoms with Crippen LogP contribution in [0.25, 0.3) is 0 Å². The van der Waals surface area contributed by atoms with Crippen LogP contribution < -0.4 is 10.1 Å². The van der Waals surface area contributed by atoms with Crippen molar-refractivity contribution in [2.75, 3.05) is 11.9 Å². The lowest BCUT2D eigenvalue weighted by molar-refractivity contribution is -0.122. The van der Waals surface area contributed by atoms with Crippen LogP contribution in [0.5, 0.6) is 5.75 Å². The molecule has 2 aromatic carbocycles. The highest BCUT2D eigenvalue weighted by atomic mass is 16.5. The normalized spacial score (nSPS) is 16.1. The van der Waals surface area contributed by atoms with Gasteiger partial charge in [-0.25, -0.2) is 4.79 Å². The van der Waals surface area contributed by atoms with Crippen LogP contribution in [0.3, 0.4) is 0 Å². The molecule has 5 heteroatoms. The molecule has 0 aromatic heterocycles. The van der Waals surface area contributed by atoms with Crippen molar-refractivity contribution < 1.29 is 19.1 Å². The van der Waals surface area contributed by atoms with Crippen molar-refractivity contribution in [1.82, 2.24) is 0 Å². The average molecular weight is 438 g/mol. The summed E-state index contributed by atoms with van der Waals surface area (Å²) >= 11 is 0. The van der Waals surface area contributed by atoms with Crippen molar-refractivity contribution in [3.8, 4) is 5.75 Å². The lowest BCUT2D eigenvalue weighted by Gasteiger charge is -2.36. The number of carbonyl (C=O) groups is 2. The summed E-state index contributed by atoms with van der Waals surface area (Å²) in [7, 11) is 0. The van der Waals surface area contributed by atoms with Crippen molar-refractivity contribution in [3.63, 3.8) is 0 Å². The number of carbonyl (C=O) groups excluding carboxylic acids is 2. The number of ether oxygens (including phenoxy) is 2. The molecular formula is C27H35NO4. The van der Waals surface area contributed by atoms with E-state index in [1.54, 1.807) is 25.1 Å². The summed E-state index contributed by atoms with van der Waals surface area (Å²) in [4.78, 5) is 26.2. The quantitative estimate of drug-likeness (QED) is 0.500. The van der Waals surface area contributed by atoms with Crippen LogP contribution in [0.2, 0.25) is 0 Å². The summed E-state index contributed by atoms with van der Waals surface area (Å²) in [6, 6.07) is 13.5. The number of esters is 1. The van der Waals surface area contributed by atoms with E-state index in [0.29, 0.717) is 17.0 Å². The number of anilines is 1. The van der Waals surface area contributed by atoms with Crippen LogP contribution in [0.1, 0.15) is 80.8 Å². The molecule has 0 radical (unpaired) electrons. The monoisotopic (exact) mass is 437 g/mol. The molecule has 0 spiro atoms. The molecule has 1 amide bonds. The van der Waals surface area contributed by atoms with E-state index < -0.39 is 11.4 Å². The standard InChI is InChI=1S/C27H35NO4/c1-5-20(4)32-24-14-13-22(18-23(24)25(29)31-6-2)28-26(30)27(15-8-7-9-16-27)21-12-10-11-19(3)17-21/h10-14,17-18,20H,5-9,15-16H2,1-4H3,(H,28,30). The Kier molecular flexibility index (Phi) is 7.94. The van der Waals surface area contributed by atoms with Crippen molar-refractivity contribution in [3.05, 3.63) is 59.2 Å². The highest BCUT2D eigenvalue weighted by molar-refractivity contribution is 6.01. The van der Waals surface area contributed by atoms with Crippen LogP contribution in [0.15, 0.2) is 42.5 Å². The minimum atomic E-state index is -0.555. The molecule has 2 aromatic rings. The van der Waals surface area contributed by atoms with E-state index in [1.807, 2.05) is 19.9 Å². The lowest BCUT2D eigenvalue weighted by Crippen LogP contribution is -2.42. The van der Waals surface area contributed by atoms with Crippen LogP contribution in [-0.2, 0) is 14.9 Å². The summed E-state index contributed by atoms with van der Waals surface area (Å²) in [5, 5.41) is 3.10. The Balaban J connectivity index is 1.92. The number of benzene rings is 2. The van der Waals surface area contributed by atoms with Crippen LogP contribution in [-0.4, -0.2) is 24.6 Å². The van der Waals surface area contributed by atoms with Crippen LogP contribution in [0, 0.1) is 6.92 Å². The van der Waals surface area contributed by atoms with Gasteiger partial charge in [0.25, 0.3) is 0 Å². The van der Waals surface area contributed by atoms with Gasteiger partial charge >= 0.3 is 5.97 Å². The van der Waals surface area contributed by atoms with Crippen molar-refractivity contribution >= 4 is 17.6 Å². The van der Waals surface area contributed by atoms with Gasteiger partial charge in [0.1, 0.15) is 11.3 Å². The molecule has 1 fully saturated rings. The van der Waals surface area contributed by atoms with Crippen molar-refractivity contribution in [1.29, 1.82) is 0 Å². The molecule has 1 atom stereocenters. The molecule has 1 unspecified atom stereocenters. The third-order valence-corrected chi connectivity index (χ3v) is 6.35. The number of rotatable bonds is 8. The molecule has 0 aliphatic heterocycles. The van der Waals surface area contributed by atoms with Gasteiger partial charge in [-0.2, -0.15) is 0 Å². The minimum absolute atomic E-state index is 0.0202. The molecule has 0 saturated heterocycles. The zero-order valence-corrected chi connectivity index (χ0v) is 19.7. The maximum absolute atomic E-state index is 13.7. The number of aryl methyl sites for hydroxylation is 1. The van der Waals surface area contributed by atoms with Gasteiger partial charge in [0.2, 0.25) is 5.91 Å². The first-order chi connectivity index (χ1) is 15.4.